The van der Waals surface area contributed by atoms with Crippen LogP contribution in [-0.2, 0) is 26.2 Å². The Labute approximate surface area is 252 Å². The van der Waals surface area contributed by atoms with Crippen LogP contribution in [0.3, 0.4) is 0 Å². The van der Waals surface area contributed by atoms with Crippen LogP contribution in [0.25, 0.3) is 0 Å². The lowest BCUT2D eigenvalue weighted by molar-refractivity contribution is -0.139. The fourth-order valence-electron chi connectivity index (χ4n) is 4.03. The molecule has 0 unspecified atom stereocenters. The summed E-state index contributed by atoms with van der Waals surface area (Å²) in [5.41, 5.74) is 0.746. The van der Waals surface area contributed by atoms with Crippen LogP contribution in [0.5, 0.6) is 5.75 Å². The SMILES string of the molecule is CCOc1ccc(S(=O)(=O)N(CC(=O)N(Cc2c(Cl)cccc2Cl)[C@H](C)C(=O)N[C@@H](C)CC)c2ccccc2)cc1. The van der Waals surface area contributed by atoms with E-state index in [1.165, 1.54) is 17.0 Å². The quantitative estimate of drug-likeness (QED) is 0.256. The second-order valence-electron chi connectivity index (χ2n) is 9.47. The second-order valence-corrected chi connectivity index (χ2v) is 12.1. The van der Waals surface area contributed by atoms with Crippen molar-refractivity contribution in [2.24, 2.45) is 0 Å². The third-order valence-corrected chi connectivity index (χ3v) is 9.10. The van der Waals surface area contributed by atoms with E-state index >= 15 is 0 Å². The van der Waals surface area contributed by atoms with Crippen LogP contribution in [0.2, 0.25) is 10.0 Å². The Hall–Kier alpha value is -3.27. The van der Waals surface area contributed by atoms with Gasteiger partial charge in [-0.2, -0.15) is 0 Å². The van der Waals surface area contributed by atoms with Gasteiger partial charge in [0.25, 0.3) is 10.0 Å². The largest absolute Gasteiger partial charge is 0.494 e. The lowest BCUT2D eigenvalue weighted by Crippen LogP contribution is -2.52. The number of halogens is 2. The normalized spacial score (nSPS) is 12.7. The van der Waals surface area contributed by atoms with Crippen LogP contribution in [0.15, 0.2) is 77.7 Å². The maximum absolute atomic E-state index is 14.0. The van der Waals surface area contributed by atoms with Gasteiger partial charge in [0.1, 0.15) is 18.3 Å². The number of ether oxygens (including phenoxy) is 1. The number of para-hydroxylation sites is 1. The molecule has 41 heavy (non-hydrogen) atoms. The molecule has 3 aromatic carbocycles. The average molecular weight is 621 g/mol. The average Bonchev–Trinajstić information content (AvgIpc) is 2.96. The number of nitrogens with zero attached hydrogens (tertiary/aromatic N) is 2. The van der Waals surface area contributed by atoms with E-state index in [0.29, 0.717) is 40.1 Å². The topological polar surface area (TPSA) is 96.0 Å². The third kappa shape index (κ3) is 8.15. The van der Waals surface area contributed by atoms with Crippen LogP contribution in [0.1, 0.15) is 39.7 Å². The van der Waals surface area contributed by atoms with Gasteiger partial charge in [0, 0.05) is 28.2 Å². The molecule has 8 nitrogen and oxygen atoms in total. The molecular formula is C30H35Cl2N3O5S. The van der Waals surface area contributed by atoms with Crippen molar-refractivity contribution in [3.05, 3.63) is 88.4 Å². The van der Waals surface area contributed by atoms with Gasteiger partial charge in [-0.05, 0) is 75.7 Å². The lowest BCUT2D eigenvalue weighted by Gasteiger charge is -2.32. The van der Waals surface area contributed by atoms with Crippen molar-refractivity contribution >= 4 is 50.7 Å². The molecule has 0 aliphatic carbocycles. The number of carbonyl (C=O) groups is 2. The molecule has 2 amide bonds. The molecule has 3 aromatic rings. The summed E-state index contributed by atoms with van der Waals surface area (Å²) in [6.07, 6.45) is 0.699. The van der Waals surface area contributed by atoms with Gasteiger partial charge in [0.2, 0.25) is 11.8 Å². The summed E-state index contributed by atoms with van der Waals surface area (Å²) in [6, 6.07) is 18.2. The molecule has 2 atom stereocenters. The first kappa shape index (κ1) is 32.2. The number of hydrogen-bond donors (Lipinski definition) is 1. The van der Waals surface area contributed by atoms with Gasteiger partial charge in [0.05, 0.1) is 17.2 Å². The molecule has 220 valence electrons. The van der Waals surface area contributed by atoms with Crippen molar-refractivity contribution in [1.29, 1.82) is 0 Å². The van der Waals surface area contributed by atoms with E-state index in [1.54, 1.807) is 67.6 Å². The molecule has 0 spiro atoms. The maximum Gasteiger partial charge on any atom is 0.264 e. The number of benzene rings is 3. The zero-order valence-electron chi connectivity index (χ0n) is 23.5. The monoisotopic (exact) mass is 619 g/mol. The first-order valence-electron chi connectivity index (χ1n) is 13.3. The van der Waals surface area contributed by atoms with Crippen LogP contribution in [0, 0.1) is 0 Å². The highest BCUT2D eigenvalue weighted by atomic mass is 35.5. The van der Waals surface area contributed by atoms with Crippen LogP contribution in [0.4, 0.5) is 5.69 Å². The summed E-state index contributed by atoms with van der Waals surface area (Å²) >= 11 is 12.8. The number of carbonyl (C=O) groups excluding carboxylic acids is 2. The molecular weight excluding hydrogens is 585 g/mol. The van der Waals surface area contributed by atoms with Crippen molar-refractivity contribution in [1.82, 2.24) is 10.2 Å². The summed E-state index contributed by atoms with van der Waals surface area (Å²) in [5, 5.41) is 3.55. The van der Waals surface area contributed by atoms with E-state index in [0.717, 1.165) is 4.31 Å². The number of rotatable bonds is 13. The molecule has 0 aromatic heterocycles. The van der Waals surface area contributed by atoms with E-state index in [2.05, 4.69) is 5.32 Å². The highest BCUT2D eigenvalue weighted by Crippen LogP contribution is 2.28. The minimum absolute atomic E-state index is 0.0131. The predicted molar refractivity (Wildman–Crippen MR) is 163 cm³/mol. The Morgan fingerprint density at radius 2 is 1.51 bits per heavy atom. The minimum Gasteiger partial charge on any atom is -0.494 e. The molecule has 0 fully saturated rings. The summed E-state index contributed by atoms with van der Waals surface area (Å²) in [6.45, 7) is 6.99. The zero-order chi connectivity index (χ0) is 30.2. The van der Waals surface area contributed by atoms with Gasteiger partial charge in [-0.1, -0.05) is 54.4 Å². The highest BCUT2D eigenvalue weighted by molar-refractivity contribution is 7.92. The lowest BCUT2D eigenvalue weighted by atomic mass is 10.1. The number of amides is 2. The molecule has 3 rings (SSSR count). The Morgan fingerprint density at radius 1 is 0.902 bits per heavy atom. The van der Waals surface area contributed by atoms with Crippen LogP contribution >= 0.6 is 23.2 Å². The number of hydrogen-bond acceptors (Lipinski definition) is 5. The molecule has 1 N–H and O–H groups in total. The molecule has 11 heteroatoms. The Balaban J connectivity index is 2.03. The van der Waals surface area contributed by atoms with Gasteiger partial charge in [-0.25, -0.2) is 8.42 Å². The van der Waals surface area contributed by atoms with Crippen LogP contribution < -0.4 is 14.4 Å². The standard InChI is InChI=1S/C30H35Cl2N3O5S/c1-5-21(3)33-30(37)22(4)34(19-26-27(31)13-10-14-28(26)32)29(36)20-35(23-11-8-7-9-12-23)41(38,39)25-17-15-24(16-18-25)40-6-2/h7-18,21-22H,5-6,19-20H2,1-4H3,(H,33,37)/t21-,22+/m0/s1. The van der Waals surface area contributed by atoms with E-state index < -0.39 is 28.5 Å². The first-order valence-corrected chi connectivity index (χ1v) is 15.5. The molecule has 0 bridgehead atoms. The van der Waals surface area contributed by atoms with Crippen molar-refractivity contribution in [3.8, 4) is 5.75 Å². The van der Waals surface area contributed by atoms with Gasteiger partial charge in [0.15, 0.2) is 0 Å². The molecule has 0 heterocycles. The molecule has 0 aliphatic heterocycles. The van der Waals surface area contributed by atoms with Crippen molar-refractivity contribution in [2.45, 2.75) is 57.6 Å². The van der Waals surface area contributed by atoms with Crippen molar-refractivity contribution in [3.63, 3.8) is 0 Å². The zero-order valence-corrected chi connectivity index (χ0v) is 25.8. The number of sulfonamides is 1. The summed E-state index contributed by atoms with van der Waals surface area (Å²) < 4.78 is 34.3. The first-order chi connectivity index (χ1) is 19.5. The maximum atomic E-state index is 14.0. The fourth-order valence-corrected chi connectivity index (χ4v) is 5.96. The van der Waals surface area contributed by atoms with E-state index in [-0.39, 0.29) is 23.4 Å². The number of nitrogens with one attached hydrogen (secondary N) is 1. The Morgan fingerprint density at radius 3 is 2.07 bits per heavy atom. The summed E-state index contributed by atoms with van der Waals surface area (Å²) in [5.74, 6) is -0.458. The Bertz CT molecular complexity index is 1420. The van der Waals surface area contributed by atoms with E-state index in [9.17, 15) is 18.0 Å². The third-order valence-electron chi connectivity index (χ3n) is 6.60. The number of anilines is 1. The van der Waals surface area contributed by atoms with Gasteiger partial charge < -0.3 is 15.0 Å². The van der Waals surface area contributed by atoms with Gasteiger partial charge in [-0.3, -0.25) is 13.9 Å². The van der Waals surface area contributed by atoms with E-state index in [1.807, 2.05) is 20.8 Å². The van der Waals surface area contributed by atoms with E-state index in [4.69, 9.17) is 27.9 Å². The molecule has 0 radical (unpaired) electrons. The molecule has 0 saturated heterocycles. The van der Waals surface area contributed by atoms with Gasteiger partial charge >= 0.3 is 0 Å². The summed E-state index contributed by atoms with van der Waals surface area (Å²) in [4.78, 5) is 28.5. The second kappa shape index (κ2) is 14.6. The highest BCUT2D eigenvalue weighted by Gasteiger charge is 2.33. The Kier molecular flexibility index (Phi) is 11.5. The fraction of sp³-hybridized carbons (Fsp3) is 0.333. The van der Waals surface area contributed by atoms with Crippen LogP contribution in [-0.4, -0.2) is 50.4 Å². The summed E-state index contributed by atoms with van der Waals surface area (Å²) in [7, 11) is -4.19. The van der Waals surface area contributed by atoms with Crippen molar-refractivity contribution in [2.75, 3.05) is 17.5 Å². The van der Waals surface area contributed by atoms with Gasteiger partial charge in [-0.15, -0.1) is 0 Å². The molecule has 0 saturated carbocycles. The molecule has 0 aliphatic rings. The smallest absolute Gasteiger partial charge is 0.264 e. The predicted octanol–water partition coefficient (Wildman–Crippen LogP) is 5.92. The minimum atomic E-state index is -4.19. The van der Waals surface area contributed by atoms with Crippen molar-refractivity contribution < 1.29 is 22.7 Å².